The van der Waals surface area contributed by atoms with E-state index in [0.717, 1.165) is 0 Å². The van der Waals surface area contributed by atoms with Gasteiger partial charge in [0.05, 0.1) is 30.0 Å². The molecule has 7 heteroatoms. The number of fused-ring (bicyclic) bond motifs is 1. The predicted molar refractivity (Wildman–Crippen MR) is 113 cm³/mol. The van der Waals surface area contributed by atoms with E-state index in [1.54, 1.807) is 56.3 Å². The van der Waals surface area contributed by atoms with Crippen molar-refractivity contribution in [1.82, 2.24) is 4.98 Å². The summed E-state index contributed by atoms with van der Waals surface area (Å²) in [5, 5.41) is 3.79. The van der Waals surface area contributed by atoms with Crippen molar-refractivity contribution in [2.75, 3.05) is 18.5 Å². The normalized spacial score (nSPS) is 10.5. The number of benzene rings is 2. The van der Waals surface area contributed by atoms with Crippen LogP contribution in [0.5, 0.6) is 0 Å². The fraction of sp³-hybridized carbons (Fsp3) is 0.217. The second kappa shape index (κ2) is 9.17. The molecule has 2 aromatic carbocycles. The number of hydrogen-bond acceptors (Lipinski definition) is 7. The molecule has 0 atom stereocenters. The number of pyridine rings is 1. The molecule has 3 aromatic rings. The van der Waals surface area contributed by atoms with Crippen LogP contribution < -0.4 is 5.32 Å². The third kappa shape index (κ3) is 4.46. The van der Waals surface area contributed by atoms with Crippen molar-refractivity contribution in [3.8, 4) is 0 Å². The van der Waals surface area contributed by atoms with E-state index in [2.05, 4.69) is 10.3 Å². The third-order valence-electron chi connectivity index (χ3n) is 4.44. The fourth-order valence-electron chi connectivity index (χ4n) is 2.96. The zero-order chi connectivity index (χ0) is 21.7. The van der Waals surface area contributed by atoms with E-state index in [1.165, 1.54) is 13.1 Å². The van der Waals surface area contributed by atoms with Crippen molar-refractivity contribution in [3.05, 3.63) is 65.4 Å². The summed E-state index contributed by atoms with van der Waals surface area (Å²) in [5.41, 5.74) is 2.89. The molecule has 0 aliphatic heterocycles. The van der Waals surface area contributed by atoms with Crippen LogP contribution in [0.25, 0.3) is 10.9 Å². The minimum absolute atomic E-state index is 0.0396. The van der Waals surface area contributed by atoms with E-state index < -0.39 is 11.9 Å². The average Bonchev–Trinajstić information content (AvgIpc) is 2.74. The Morgan fingerprint density at radius 1 is 0.900 bits per heavy atom. The summed E-state index contributed by atoms with van der Waals surface area (Å²) in [6.45, 7) is 5.42. The van der Waals surface area contributed by atoms with Gasteiger partial charge in [-0.2, -0.15) is 0 Å². The zero-order valence-electron chi connectivity index (χ0n) is 17.0. The lowest BCUT2D eigenvalue weighted by atomic mass is 10.1. The highest BCUT2D eigenvalue weighted by atomic mass is 16.5. The molecule has 0 aliphatic rings. The summed E-state index contributed by atoms with van der Waals surface area (Å²) in [4.78, 5) is 40.6. The number of ketones is 1. The van der Waals surface area contributed by atoms with Gasteiger partial charge in [0.1, 0.15) is 5.56 Å². The first-order valence-electron chi connectivity index (χ1n) is 9.59. The number of esters is 2. The molecule has 0 aliphatic carbocycles. The smallest absolute Gasteiger partial charge is 0.341 e. The van der Waals surface area contributed by atoms with Gasteiger partial charge in [0.2, 0.25) is 0 Å². The lowest BCUT2D eigenvalue weighted by Gasteiger charge is -2.15. The molecule has 3 rings (SSSR count). The standard InChI is InChI=1S/C23H22N2O5/c1-4-29-22(27)16-8-11-20-18(12-16)21(19(13-24-20)23(28)30-5-2)25-17-9-6-15(7-10-17)14(3)26/h6-13H,4-5H2,1-3H3,(H,24,25). The average molecular weight is 406 g/mol. The maximum atomic E-state index is 12.5. The van der Waals surface area contributed by atoms with Crippen molar-refractivity contribution in [2.45, 2.75) is 20.8 Å². The van der Waals surface area contributed by atoms with Crippen molar-refractivity contribution >= 4 is 40.0 Å². The number of nitrogens with zero attached hydrogens (tertiary/aromatic N) is 1. The number of nitrogens with one attached hydrogen (secondary N) is 1. The topological polar surface area (TPSA) is 94.6 Å². The highest BCUT2D eigenvalue weighted by molar-refractivity contribution is 6.07. The number of aromatic nitrogens is 1. The molecule has 7 nitrogen and oxygen atoms in total. The van der Waals surface area contributed by atoms with Crippen LogP contribution in [-0.4, -0.2) is 35.9 Å². The quantitative estimate of drug-likeness (QED) is 0.455. The summed E-state index contributed by atoms with van der Waals surface area (Å²) in [7, 11) is 0. The van der Waals surface area contributed by atoms with Crippen LogP contribution in [0.15, 0.2) is 48.7 Å². The van der Waals surface area contributed by atoms with Crippen LogP contribution in [0, 0.1) is 0 Å². The number of ether oxygens (including phenoxy) is 2. The fourth-order valence-corrected chi connectivity index (χ4v) is 2.96. The SMILES string of the molecule is CCOC(=O)c1ccc2ncc(C(=O)OCC)c(Nc3ccc(C(C)=O)cc3)c2c1. The summed E-state index contributed by atoms with van der Waals surface area (Å²) in [5.74, 6) is -1.03. The minimum Gasteiger partial charge on any atom is -0.462 e. The highest BCUT2D eigenvalue weighted by Gasteiger charge is 2.19. The van der Waals surface area contributed by atoms with Gasteiger partial charge in [-0.15, -0.1) is 0 Å². The van der Waals surface area contributed by atoms with E-state index in [9.17, 15) is 14.4 Å². The molecular formula is C23H22N2O5. The Balaban J connectivity index is 2.13. The number of rotatable bonds is 7. The third-order valence-corrected chi connectivity index (χ3v) is 4.44. The second-order valence-electron chi connectivity index (χ2n) is 6.48. The van der Waals surface area contributed by atoms with E-state index in [0.29, 0.717) is 33.4 Å². The van der Waals surface area contributed by atoms with Crippen molar-refractivity contribution in [3.63, 3.8) is 0 Å². The summed E-state index contributed by atoms with van der Waals surface area (Å²) >= 11 is 0. The summed E-state index contributed by atoms with van der Waals surface area (Å²) < 4.78 is 10.3. The lowest BCUT2D eigenvalue weighted by Crippen LogP contribution is -2.10. The van der Waals surface area contributed by atoms with Gasteiger partial charge in [0.15, 0.2) is 5.78 Å². The van der Waals surface area contributed by atoms with Crippen LogP contribution >= 0.6 is 0 Å². The van der Waals surface area contributed by atoms with Gasteiger partial charge in [0, 0.05) is 22.8 Å². The summed E-state index contributed by atoms with van der Waals surface area (Å²) in [6.07, 6.45) is 1.44. The Bertz CT molecular complexity index is 1100. The highest BCUT2D eigenvalue weighted by Crippen LogP contribution is 2.31. The van der Waals surface area contributed by atoms with Crippen molar-refractivity contribution < 1.29 is 23.9 Å². The number of carbonyl (C=O) groups is 3. The first-order valence-corrected chi connectivity index (χ1v) is 9.59. The molecule has 30 heavy (non-hydrogen) atoms. The molecule has 0 fully saturated rings. The minimum atomic E-state index is -0.531. The van der Waals surface area contributed by atoms with Gasteiger partial charge < -0.3 is 14.8 Å². The Labute approximate surface area is 174 Å². The van der Waals surface area contributed by atoms with E-state index in [4.69, 9.17) is 9.47 Å². The van der Waals surface area contributed by atoms with Gasteiger partial charge >= 0.3 is 11.9 Å². The lowest BCUT2D eigenvalue weighted by molar-refractivity contribution is 0.0518. The molecular weight excluding hydrogens is 384 g/mol. The Hall–Kier alpha value is -3.74. The van der Waals surface area contributed by atoms with Crippen LogP contribution in [0.3, 0.4) is 0 Å². The van der Waals surface area contributed by atoms with Crippen molar-refractivity contribution in [2.24, 2.45) is 0 Å². The molecule has 154 valence electrons. The number of anilines is 2. The Morgan fingerprint density at radius 3 is 2.17 bits per heavy atom. The second-order valence-corrected chi connectivity index (χ2v) is 6.48. The first-order chi connectivity index (χ1) is 14.4. The first kappa shape index (κ1) is 21.0. The summed E-state index contributed by atoms with van der Waals surface area (Å²) in [6, 6.07) is 11.8. The van der Waals surface area contributed by atoms with E-state index >= 15 is 0 Å². The number of carbonyl (C=O) groups excluding carboxylic acids is 3. The Kier molecular flexibility index (Phi) is 6.41. The Morgan fingerprint density at radius 2 is 1.53 bits per heavy atom. The molecule has 0 radical (unpaired) electrons. The molecule has 0 saturated carbocycles. The maximum absolute atomic E-state index is 12.5. The molecule has 1 N–H and O–H groups in total. The molecule has 1 aromatic heterocycles. The molecule has 0 unspecified atom stereocenters. The monoisotopic (exact) mass is 406 g/mol. The molecule has 0 saturated heterocycles. The van der Waals surface area contributed by atoms with E-state index in [1.807, 2.05) is 0 Å². The number of Topliss-reactive ketones (excluding diaryl/α,β-unsaturated/α-hetero) is 1. The largest absolute Gasteiger partial charge is 0.462 e. The van der Waals surface area contributed by atoms with Gasteiger partial charge in [0.25, 0.3) is 0 Å². The van der Waals surface area contributed by atoms with Crippen molar-refractivity contribution in [1.29, 1.82) is 0 Å². The maximum Gasteiger partial charge on any atom is 0.341 e. The van der Waals surface area contributed by atoms with Gasteiger partial charge in [-0.1, -0.05) is 0 Å². The van der Waals surface area contributed by atoms with Crippen LogP contribution in [0.2, 0.25) is 0 Å². The molecule has 0 amide bonds. The van der Waals surface area contributed by atoms with Crippen LogP contribution in [-0.2, 0) is 9.47 Å². The zero-order valence-corrected chi connectivity index (χ0v) is 17.0. The van der Waals surface area contributed by atoms with E-state index in [-0.39, 0.29) is 24.6 Å². The molecule has 1 heterocycles. The van der Waals surface area contributed by atoms with Crippen LogP contribution in [0.4, 0.5) is 11.4 Å². The number of hydrogen-bond donors (Lipinski definition) is 1. The van der Waals surface area contributed by atoms with Gasteiger partial charge in [-0.3, -0.25) is 9.78 Å². The van der Waals surface area contributed by atoms with Crippen LogP contribution in [0.1, 0.15) is 51.8 Å². The molecule has 0 spiro atoms. The van der Waals surface area contributed by atoms with Gasteiger partial charge in [-0.05, 0) is 63.2 Å². The van der Waals surface area contributed by atoms with Gasteiger partial charge in [-0.25, -0.2) is 9.59 Å². The molecule has 0 bridgehead atoms. The predicted octanol–water partition coefficient (Wildman–Crippen LogP) is 4.53.